The fraction of sp³-hybridized carbons (Fsp3) is 0.130. The third-order valence-electron chi connectivity index (χ3n) is 4.07. The molecule has 2 aromatic carbocycles. The predicted molar refractivity (Wildman–Crippen MR) is 112 cm³/mol. The van der Waals surface area contributed by atoms with E-state index >= 15 is 0 Å². The molecule has 0 saturated carbocycles. The fourth-order valence-corrected chi connectivity index (χ4v) is 2.58. The van der Waals surface area contributed by atoms with Crippen LogP contribution < -0.4 is 19.5 Å². The molecule has 3 aromatic rings. The van der Waals surface area contributed by atoms with Crippen LogP contribution in [0.2, 0.25) is 0 Å². The summed E-state index contributed by atoms with van der Waals surface area (Å²) in [6.07, 6.45) is 4.70. The van der Waals surface area contributed by atoms with Crippen molar-refractivity contribution in [1.29, 1.82) is 0 Å². The second-order valence-electron chi connectivity index (χ2n) is 6.10. The van der Waals surface area contributed by atoms with E-state index < -0.39 is 0 Å². The molecule has 0 aliphatic rings. The van der Waals surface area contributed by atoms with Gasteiger partial charge in [0.25, 0.3) is 0 Å². The Morgan fingerprint density at radius 3 is 2.48 bits per heavy atom. The third-order valence-corrected chi connectivity index (χ3v) is 4.07. The van der Waals surface area contributed by atoms with Gasteiger partial charge in [0.15, 0.2) is 11.5 Å². The minimum Gasteiger partial charge on any atom is -0.493 e. The number of benzene rings is 2. The van der Waals surface area contributed by atoms with Crippen molar-refractivity contribution >= 4 is 17.7 Å². The maximum atomic E-state index is 12.1. The molecule has 1 amide bonds. The van der Waals surface area contributed by atoms with Gasteiger partial charge in [-0.15, -0.1) is 0 Å². The molecule has 3 rings (SSSR count). The van der Waals surface area contributed by atoms with Crippen molar-refractivity contribution in [3.05, 3.63) is 84.1 Å². The van der Waals surface area contributed by atoms with Gasteiger partial charge in [0, 0.05) is 12.1 Å². The average molecular weight is 390 g/mol. The van der Waals surface area contributed by atoms with Crippen LogP contribution in [0.3, 0.4) is 0 Å². The zero-order valence-electron chi connectivity index (χ0n) is 16.3. The topological polar surface area (TPSA) is 69.7 Å². The number of nitrogens with zero attached hydrogens (tertiary/aromatic N) is 1. The summed E-state index contributed by atoms with van der Waals surface area (Å²) in [6.45, 7) is 0.438. The number of anilines is 1. The lowest BCUT2D eigenvalue weighted by atomic mass is 10.2. The molecule has 1 aromatic heterocycles. The molecule has 0 aliphatic heterocycles. The lowest BCUT2D eigenvalue weighted by Crippen LogP contribution is -2.08. The predicted octanol–water partition coefficient (Wildman–Crippen LogP) is 4.33. The van der Waals surface area contributed by atoms with Crippen LogP contribution >= 0.6 is 0 Å². The summed E-state index contributed by atoms with van der Waals surface area (Å²) >= 11 is 0. The number of carbonyl (C=O) groups is 1. The van der Waals surface area contributed by atoms with Crippen molar-refractivity contribution < 1.29 is 19.0 Å². The zero-order chi connectivity index (χ0) is 20.5. The van der Waals surface area contributed by atoms with Gasteiger partial charge in [-0.1, -0.05) is 36.4 Å². The van der Waals surface area contributed by atoms with E-state index in [0.29, 0.717) is 29.7 Å². The molecule has 148 valence electrons. The number of ether oxygens (including phenoxy) is 3. The molecule has 1 N–H and O–H groups in total. The number of pyridine rings is 1. The molecular formula is C23H22N2O4. The highest BCUT2D eigenvalue weighted by Gasteiger charge is 2.04. The van der Waals surface area contributed by atoms with E-state index in [1.165, 1.54) is 6.08 Å². The Bertz CT molecular complexity index is 970. The fourth-order valence-electron chi connectivity index (χ4n) is 2.58. The van der Waals surface area contributed by atoms with Gasteiger partial charge in [-0.3, -0.25) is 4.79 Å². The number of hydrogen-bond donors (Lipinski definition) is 1. The zero-order valence-corrected chi connectivity index (χ0v) is 16.3. The molecule has 6 heteroatoms. The van der Waals surface area contributed by atoms with Crippen molar-refractivity contribution in [3.8, 4) is 17.4 Å². The van der Waals surface area contributed by atoms with Gasteiger partial charge in [-0.25, -0.2) is 4.98 Å². The highest BCUT2D eigenvalue weighted by molar-refractivity contribution is 6.01. The summed E-state index contributed by atoms with van der Waals surface area (Å²) in [5.74, 6) is 1.47. The maximum absolute atomic E-state index is 12.1. The minimum atomic E-state index is -0.264. The van der Waals surface area contributed by atoms with Gasteiger partial charge in [0.1, 0.15) is 6.61 Å². The Morgan fingerprint density at radius 1 is 1.00 bits per heavy atom. The van der Waals surface area contributed by atoms with Crippen LogP contribution in [0.1, 0.15) is 11.1 Å². The number of nitrogens with one attached hydrogen (secondary N) is 1. The number of rotatable bonds is 8. The first-order chi connectivity index (χ1) is 14.2. The Balaban J connectivity index is 1.54. The van der Waals surface area contributed by atoms with Crippen molar-refractivity contribution in [1.82, 2.24) is 4.98 Å². The highest BCUT2D eigenvalue weighted by Crippen LogP contribution is 2.28. The summed E-state index contributed by atoms with van der Waals surface area (Å²) in [4.78, 5) is 16.4. The molecular weight excluding hydrogens is 368 g/mol. The quantitative estimate of drug-likeness (QED) is 0.580. The first kappa shape index (κ1) is 19.9. The minimum absolute atomic E-state index is 0.264. The summed E-state index contributed by atoms with van der Waals surface area (Å²) in [5, 5.41) is 2.76. The Kier molecular flexibility index (Phi) is 6.84. The summed E-state index contributed by atoms with van der Waals surface area (Å²) < 4.78 is 16.1. The summed E-state index contributed by atoms with van der Waals surface area (Å²) in [5.41, 5.74) is 2.46. The van der Waals surface area contributed by atoms with Crippen LogP contribution in [0.5, 0.6) is 17.4 Å². The van der Waals surface area contributed by atoms with Crippen LogP contribution in [0, 0.1) is 0 Å². The molecule has 0 saturated heterocycles. The number of hydrogen-bond acceptors (Lipinski definition) is 5. The van der Waals surface area contributed by atoms with Crippen molar-refractivity contribution in [2.45, 2.75) is 6.61 Å². The molecule has 0 unspecified atom stereocenters. The highest BCUT2D eigenvalue weighted by atomic mass is 16.5. The molecule has 1 heterocycles. The third kappa shape index (κ3) is 5.84. The SMILES string of the molecule is COc1ccc(C=CC(=O)Nc2ccc(OCc3ccccc3)nc2)cc1OC. The van der Waals surface area contributed by atoms with E-state index in [0.717, 1.165) is 11.1 Å². The lowest BCUT2D eigenvalue weighted by Gasteiger charge is -2.08. The van der Waals surface area contributed by atoms with E-state index in [4.69, 9.17) is 14.2 Å². The normalized spacial score (nSPS) is 10.6. The molecule has 0 spiro atoms. The van der Waals surface area contributed by atoms with Crippen molar-refractivity contribution in [2.75, 3.05) is 19.5 Å². The van der Waals surface area contributed by atoms with Crippen LogP contribution in [-0.4, -0.2) is 25.1 Å². The van der Waals surface area contributed by atoms with E-state index in [9.17, 15) is 4.79 Å². The van der Waals surface area contributed by atoms with Crippen LogP contribution in [-0.2, 0) is 11.4 Å². The Labute approximate surface area is 169 Å². The van der Waals surface area contributed by atoms with Gasteiger partial charge in [-0.2, -0.15) is 0 Å². The van der Waals surface area contributed by atoms with Gasteiger partial charge in [0.2, 0.25) is 11.8 Å². The van der Waals surface area contributed by atoms with E-state index in [-0.39, 0.29) is 5.91 Å². The molecule has 0 bridgehead atoms. The molecule has 0 aliphatic carbocycles. The molecule has 0 radical (unpaired) electrons. The van der Waals surface area contributed by atoms with Crippen molar-refractivity contribution in [2.24, 2.45) is 0 Å². The number of aromatic nitrogens is 1. The van der Waals surface area contributed by atoms with E-state index in [1.54, 1.807) is 50.8 Å². The second kappa shape index (κ2) is 9.94. The van der Waals surface area contributed by atoms with Gasteiger partial charge >= 0.3 is 0 Å². The maximum Gasteiger partial charge on any atom is 0.248 e. The van der Waals surface area contributed by atoms with E-state index in [2.05, 4.69) is 10.3 Å². The number of amides is 1. The lowest BCUT2D eigenvalue weighted by molar-refractivity contribution is -0.111. The summed E-state index contributed by atoms with van der Waals surface area (Å²) in [7, 11) is 3.14. The average Bonchev–Trinajstić information content (AvgIpc) is 2.77. The van der Waals surface area contributed by atoms with Crippen LogP contribution in [0.25, 0.3) is 6.08 Å². The standard InChI is InChI=1S/C23H22N2O4/c1-27-20-11-8-17(14-21(20)28-2)9-12-22(26)25-19-10-13-23(24-15-19)29-16-18-6-4-3-5-7-18/h3-15H,16H2,1-2H3,(H,25,26). The van der Waals surface area contributed by atoms with Crippen molar-refractivity contribution in [3.63, 3.8) is 0 Å². The number of carbonyl (C=O) groups excluding carboxylic acids is 1. The van der Waals surface area contributed by atoms with Gasteiger partial charge in [-0.05, 0) is 35.4 Å². The van der Waals surface area contributed by atoms with Crippen LogP contribution in [0.4, 0.5) is 5.69 Å². The smallest absolute Gasteiger partial charge is 0.248 e. The molecule has 6 nitrogen and oxygen atoms in total. The first-order valence-electron chi connectivity index (χ1n) is 9.02. The largest absolute Gasteiger partial charge is 0.493 e. The molecule has 0 atom stereocenters. The molecule has 0 fully saturated rings. The Hall–Kier alpha value is -3.80. The Morgan fingerprint density at radius 2 is 1.79 bits per heavy atom. The number of methoxy groups -OCH3 is 2. The van der Waals surface area contributed by atoms with Gasteiger partial charge in [0.05, 0.1) is 26.1 Å². The second-order valence-corrected chi connectivity index (χ2v) is 6.10. The molecule has 29 heavy (non-hydrogen) atoms. The monoisotopic (exact) mass is 390 g/mol. The van der Waals surface area contributed by atoms with E-state index in [1.807, 2.05) is 36.4 Å². The van der Waals surface area contributed by atoms with Gasteiger partial charge < -0.3 is 19.5 Å². The van der Waals surface area contributed by atoms with Crippen LogP contribution in [0.15, 0.2) is 72.9 Å². The first-order valence-corrected chi connectivity index (χ1v) is 9.02. The summed E-state index contributed by atoms with van der Waals surface area (Å²) in [6, 6.07) is 18.7.